The molecule has 3 rings (SSSR count). The molecule has 1 fully saturated rings. The van der Waals surface area contributed by atoms with E-state index in [1.54, 1.807) is 0 Å². The molecule has 10 nitrogen and oxygen atoms in total. The second-order valence-electron chi connectivity index (χ2n) is 4.59. The third-order valence-electron chi connectivity index (χ3n) is 3.34. The Morgan fingerprint density at radius 2 is 1.80 bits per heavy atom. The summed E-state index contributed by atoms with van der Waals surface area (Å²) in [5.74, 6) is 0. The number of aromatic nitrogens is 2. The number of aliphatic hydroxyl groups is 4. The highest BCUT2D eigenvalue weighted by atomic mass is 16.7. The number of rotatable bonds is 0. The summed E-state index contributed by atoms with van der Waals surface area (Å²) in [6.07, 6.45) is -9.27. The fourth-order valence-electron chi connectivity index (χ4n) is 2.39. The number of aromatic amines is 1. The summed E-state index contributed by atoms with van der Waals surface area (Å²) in [6, 6.07) is 0.875. The molecule has 3 heterocycles. The van der Waals surface area contributed by atoms with Gasteiger partial charge in [0.05, 0.1) is 5.69 Å². The van der Waals surface area contributed by atoms with E-state index in [-0.39, 0.29) is 5.69 Å². The fraction of sp³-hybridized carbons (Fsp3) is 0.600. The highest BCUT2D eigenvalue weighted by molar-refractivity contribution is 5.08. The van der Waals surface area contributed by atoms with Gasteiger partial charge in [0.25, 0.3) is 5.56 Å². The van der Waals surface area contributed by atoms with Gasteiger partial charge in [-0.2, -0.15) is 0 Å². The average molecular weight is 288 g/mol. The van der Waals surface area contributed by atoms with Gasteiger partial charge in [0.2, 0.25) is 0 Å². The minimum Gasteiger partial charge on any atom is -0.387 e. The molecular formula is C10H12N2O8. The van der Waals surface area contributed by atoms with Crippen molar-refractivity contribution in [2.45, 2.75) is 37.1 Å². The van der Waals surface area contributed by atoms with Crippen molar-refractivity contribution in [1.82, 2.24) is 9.55 Å². The number of fused-ring (bicyclic) bond motifs is 4. The van der Waals surface area contributed by atoms with Gasteiger partial charge >= 0.3 is 5.69 Å². The Morgan fingerprint density at radius 3 is 2.50 bits per heavy atom. The second kappa shape index (κ2) is 4.48. The molecular weight excluding hydrogens is 276 g/mol. The van der Waals surface area contributed by atoms with Crippen LogP contribution >= 0.6 is 0 Å². The highest BCUT2D eigenvalue weighted by Crippen LogP contribution is 2.35. The summed E-state index contributed by atoms with van der Waals surface area (Å²) in [5, 5.41) is 39.1. The maximum atomic E-state index is 11.8. The van der Waals surface area contributed by atoms with Gasteiger partial charge in [-0.3, -0.25) is 14.3 Å². The Bertz CT molecular complexity index is 639. The van der Waals surface area contributed by atoms with E-state index < -0.39 is 48.4 Å². The lowest BCUT2D eigenvalue weighted by Gasteiger charge is -2.28. The van der Waals surface area contributed by atoms with Gasteiger partial charge in [0.1, 0.15) is 18.3 Å². The van der Waals surface area contributed by atoms with E-state index in [1.807, 2.05) is 4.98 Å². The van der Waals surface area contributed by atoms with Crippen molar-refractivity contribution >= 4 is 0 Å². The van der Waals surface area contributed by atoms with E-state index in [1.165, 1.54) is 0 Å². The van der Waals surface area contributed by atoms with Crippen LogP contribution in [0.4, 0.5) is 0 Å². The van der Waals surface area contributed by atoms with Gasteiger partial charge in [0, 0.05) is 6.07 Å². The van der Waals surface area contributed by atoms with Crippen molar-refractivity contribution in [1.29, 1.82) is 0 Å². The molecule has 10 heteroatoms. The molecule has 5 N–H and O–H groups in total. The fourth-order valence-corrected chi connectivity index (χ4v) is 2.39. The molecule has 0 spiro atoms. The smallest absolute Gasteiger partial charge is 0.330 e. The van der Waals surface area contributed by atoms with Crippen LogP contribution in [0.15, 0.2) is 15.7 Å². The van der Waals surface area contributed by atoms with E-state index >= 15 is 0 Å². The predicted octanol–water partition coefficient (Wildman–Crippen LogP) is -3.50. The molecule has 6 atom stereocenters. The summed E-state index contributed by atoms with van der Waals surface area (Å²) in [6.45, 7) is 0. The zero-order chi connectivity index (χ0) is 14.6. The number of nitrogens with one attached hydrogen (secondary N) is 1. The highest BCUT2D eigenvalue weighted by Gasteiger charge is 2.50. The molecule has 0 aliphatic carbocycles. The normalized spacial score (nSPS) is 40.0. The maximum Gasteiger partial charge on any atom is 0.330 e. The van der Waals surface area contributed by atoms with Gasteiger partial charge in [-0.1, -0.05) is 0 Å². The van der Waals surface area contributed by atoms with Crippen molar-refractivity contribution in [3.8, 4) is 0 Å². The largest absolute Gasteiger partial charge is 0.387 e. The zero-order valence-electron chi connectivity index (χ0n) is 9.91. The first-order chi connectivity index (χ1) is 9.40. The number of hydrogen-bond donors (Lipinski definition) is 5. The van der Waals surface area contributed by atoms with E-state index in [0.29, 0.717) is 0 Å². The Morgan fingerprint density at radius 1 is 1.10 bits per heavy atom. The molecule has 2 bridgehead atoms. The standard InChI is InChI=1S/C10H12N2O8/c13-3-1-2-8(16)20-9(17)6-4(14)5(15)7(19-6)12(2)10(18)11-3/h1,4-9,14-17H,(H,11,13,18)/t4-,5+,6-,7+,8?,9?/m0/s1. The van der Waals surface area contributed by atoms with Gasteiger partial charge in [-0.05, 0) is 0 Å². The van der Waals surface area contributed by atoms with Crippen LogP contribution in [0, 0.1) is 0 Å². The maximum absolute atomic E-state index is 11.8. The van der Waals surface area contributed by atoms with Crippen molar-refractivity contribution in [3.05, 3.63) is 32.6 Å². The minimum absolute atomic E-state index is 0.297. The Kier molecular flexibility index (Phi) is 3.01. The summed E-state index contributed by atoms with van der Waals surface area (Å²) < 4.78 is 10.7. The van der Waals surface area contributed by atoms with Crippen molar-refractivity contribution in [3.63, 3.8) is 0 Å². The average Bonchev–Trinajstić information content (AvgIpc) is 2.65. The van der Waals surface area contributed by atoms with E-state index in [9.17, 15) is 30.0 Å². The third kappa shape index (κ3) is 1.82. The van der Waals surface area contributed by atoms with Crippen LogP contribution in [0.3, 0.4) is 0 Å². The quantitative estimate of drug-likeness (QED) is 0.329. The summed E-state index contributed by atoms with van der Waals surface area (Å²) in [5.41, 5.74) is -2.03. The summed E-state index contributed by atoms with van der Waals surface area (Å²) >= 11 is 0. The molecule has 2 aliphatic rings. The van der Waals surface area contributed by atoms with Crippen LogP contribution in [0.25, 0.3) is 0 Å². The van der Waals surface area contributed by atoms with Crippen LogP contribution in [0.5, 0.6) is 0 Å². The monoisotopic (exact) mass is 288 g/mol. The van der Waals surface area contributed by atoms with E-state index in [4.69, 9.17) is 9.47 Å². The number of ether oxygens (including phenoxy) is 2. The van der Waals surface area contributed by atoms with Crippen molar-refractivity contribution in [2.75, 3.05) is 0 Å². The lowest BCUT2D eigenvalue weighted by Crippen LogP contribution is -2.42. The van der Waals surface area contributed by atoms with Crippen molar-refractivity contribution < 1.29 is 29.9 Å². The minimum atomic E-state index is -1.79. The van der Waals surface area contributed by atoms with Crippen LogP contribution in [0.1, 0.15) is 18.2 Å². The Balaban J connectivity index is 2.23. The molecule has 20 heavy (non-hydrogen) atoms. The van der Waals surface area contributed by atoms with Crippen LogP contribution < -0.4 is 11.2 Å². The van der Waals surface area contributed by atoms with E-state index in [0.717, 1.165) is 10.6 Å². The van der Waals surface area contributed by atoms with Crippen molar-refractivity contribution in [2.24, 2.45) is 0 Å². The molecule has 0 saturated carbocycles. The molecule has 1 aromatic rings. The molecule has 2 aliphatic heterocycles. The lowest BCUT2D eigenvalue weighted by atomic mass is 10.1. The summed E-state index contributed by atoms with van der Waals surface area (Å²) in [7, 11) is 0. The van der Waals surface area contributed by atoms with Gasteiger partial charge in [-0.15, -0.1) is 0 Å². The molecule has 1 aromatic heterocycles. The van der Waals surface area contributed by atoms with E-state index in [2.05, 4.69) is 0 Å². The topological polar surface area (TPSA) is 154 Å². The Labute approximate surface area is 110 Å². The molecule has 110 valence electrons. The summed E-state index contributed by atoms with van der Waals surface area (Å²) in [4.78, 5) is 25.1. The van der Waals surface area contributed by atoms with Crippen LogP contribution in [0.2, 0.25) is 0 Å². The first-order valence-corrected chi connectivity index (χ1v) is 5.79. The third-order valence-corrected chi connectivity index (χ3v) is 3.34. The SMILES string of the molecule is O=c1cc2n(c(=O)[nH]1)[C@@H]1O[C@H](C(O)OC2O)[C@@H](O)[C@H]1O. The number of hydrogen-bond acceptors (Lipinski definition) is 8. The molecule has 0 radical (unpaired) electrons. The number of nitrogens with zero attached hydrogens (tertiary/aromatic N) is 1. The first kappa shape index (κ1) is 13.4. The second-order valence-corrected chi connectivity index (χ2v) is 4.59. The van der Waals surface area contributed by atoms with Gasteiger partial charge in [-0.25, -0.2) is 4.79 Å². The van der Waals surface area contributed by atoms with Crippen LogP contribution in [-0.2, 0) is 9.47 Å². The first-order valence-electron chi connectivity index (χ1n) is 5.79. The lowest BCUT2D eigenvalue weighted by molar-refractivity contribution is -0.271. The van der Waals surface area contributed by atoms with Gasteiger partial charge in [0.15, 0.2) is 18.8 Å². The molecule has 0 amide bonds. The number of H-pyrrole nitrogens is 1. The molecule has 0 aromatic carbocycles. The number of aliphatic hydroxyl groups excluding tert-OH is 4. The predicted molar refractivity (Wildman–Crippen MR) is 59.3 cm³/mol. The zero-order valence-corrected chi connectivity index (χ0v) is 9.91. The molecule has 1 saturated heterocycles. The molecule has 2 unspecified atom stereocenters. The Hall–Kier alpha value is -1.56. The van der Waals surface area contributed by atoms with Gasteiger partial charge < -0.3 is 29.9 Å². The van der Waals surface area contributed by atoms with Crippen LogP contribution in [-0.4, -0.2) is 54.6 Å².